The van der Waals surface area contributed by atoms with Gasteiger partial charge in [0.1, 0.15) is 12.2 Å². The van der Waals surface area contributed by atoms with Crippen LogP contribution in [-0.2, 0) is 28.6 Å². The van der Waals surface area contributed by atoms with Gasteiger partial charge in [0.05, 0.1) is 17.6 Å². The van der Waals surface area contributed by atoms with Crippen molar-refractivity contribution in [1.29, 1.82) is 0 Å². The molecule has 3 fully saturated rings. The van der Waals surface area contributed by atoms with Crippen molar-refractivity contribution in [1.82, 2.24) is 0 Å². The van der Waals surface area contributed by atoms with Gasteiger partial charge < -0.3 is 19.3 Å². The van der Waals surface area contributed by atoms with Gasteiger partial charge in [-0.15, -0.1) is 0 Å². The Balaban J connectivity index is 1.83. The fourth-order valence-electron chi connectivity index (χ4n) is 6.91. The molecular formula is C31H38O8. The number of benzene rings is 1. The third-order valence-electron chi connectivity index (χ3n) is 9.03. The number of ether oxygens (including phenoxy) is 3. The lowest BCUT2D eigenvalue weighted by Crippen LogP contribution is -2.55. The average Bonchev–Trinajstić information content (AvgIpc) is 3.23. The summed E-state index contributed by atoms with van der Waals surface area (Å²) in [6.07, 6.45) is -2.56. The molecule has 1 N–H and O–H groups in total. The zero-order chi connectivity index (χ0) is 28.9. The fraction of sp³-hybridized carbons (Fsp3) is 0.548. The van der Waals surface area contributed by atoms with E-state index in [0.29, 0.717) is 18.4 Å². The molecule has 8 heteroatoms. The predicted molar refractivity (Wildman–Crippen MR) is 142 cm³/mol. The van der Waals surface area contributed by atoms with Crippen molar-refractivity contribution in [3.05, 3.63) is 60.2 Å². The Morgan fingerprint density at radius 2 is 1.64 bits per heavy atom. The highest BCUT2D eigenvalue weighted by Gasteiger charge is 2.66. The first-order chi connectivity index (χ1) is 18.2. The molecule has 4 rings (SSSR count). The van der Waals surface area contributed by atoms with Crippen LogP contribution in [0.4, 0.5) is 0 Å². The molecular weight excluding hydrogens is 500 g/mol. The maximum absolute atomic E-state index is 14.2. The number of ketones is 1. The fourth-order valence-corrected chi connectivity index (χ4v) is 6.91. The first-order valence-corrected chi connectivity index (χ1v) is 13.4. The Bertz CT molecular complexity index is 1200. The van der Waals surface area contributed by atoms with Crippen LogP contribution >= 0.6 is 0 Å². The second-order valence-corrected chi connectivity index (χ2v) is 12.0. The number of esters is 3. The summed E-state index contributed by atoms with van der Waals surface area (Å²) in [4.78, 5) is 51.9. The maximum atomic E-state index is 14.2. The van der Waals surface area contributed by atoms with Crippen molar-refractivity contribution in [2.24, 2.45) is 29.1 Å². The molecule has 3 aliphatic rings. The number of fused-ring (bicyclic) bond motifs is 2. The number of aliphatic hydroxyl groups is 1. The minimum Gasteiger partial charge on any atom is -0.458 e. The van der Waals surface area contributed by atoms with Gasteiger partial charge in [-0.2, -0.15) is 0 Å². The van der Waals surface area contributed by atoms with Crippen molar-refractivity contribution < 1.29 is 38.5 Å². The van der Waals surface area contributed by atoms with E-state index < -0.39 is 59.4 Å². The van der Waals surface area contributed by atoms with E-state index in [9.17, 15) is 24.3 Å². The molecule has 8 atom stereocenters. The number of hydrogen-bond acceptors (Lipinski definition) is 8. The lowest BCUT2D eigenvalue weighted by Gasteiger charge is -2.39. The molecule has 0 heterocycles. The molecule has 0 amide bonds. The van der Waals surface area contributed by atoms with Gasteiger partial charge in [-0.1, -0.05) is 52.1 Å². The molecule has 0 unspecified atom stereocenters. The van der Waals surface area contributed by atoms with Crippen LogP contribution in [0.25, 0.3) is 0 Å². The second kappa shape index (κ2) is 10.4. The lowest BCUT2D eigenvalue weighted by atomic mass is 9.76. The summed E-state index contributed by atoms with van der Waals surface area (Å²) < 4.78 is 17.4. The summed E-state index contributed by atoms with van der Waals surface area (Å²) >= 11 is 0. The molecule has 0 aromatic heterocycles. The summed E-state index contributed by atoms with van der Waals surface area (Å²) in [6.45, 7) is 16.6. The molecule has 1 aromatic rings. The van der Waals surface area contributed by atoms with Crippen LogP contribution in [0.2, 0.25) is 0 Å². The molecule has 0 radical (unpaired) electrons. The third kappa shape index (κ3) is 5.19. The van der Waals surface area contributed by atoms with E-state index in [4.69, 9.17) is 14.2 Å². The minimum absolute atomic E-state index is 0.0158. The molecule has 1 aromatic carbocycles. The zero-order valence-electron chi connectivity index (χ0n) is 23.3. The highest BCUT2D eigenvalue weighted by Crippen LogP contribution is 2.64. The van der Waals surface area contributed by atoms with E-state index in [1.54, 1.807) is 37.3 Å². The van der Waals surface area contributed by atoms with Crippen LogP contribution in [0.3, 0.4) is 0 Å². The summed E-state index contributed by atoms with van der Waals surface area (Å²) in [6, 6.07) is 8.37. The van der Waals surface area contributed by atoms with Gasteiger partial charge in [-0.3, -0.25) is 14.4 Å². The van der Waals surface area contributed by atoms with Gasteiger partial charge >= 0.3 is 17.9 Å². The number of carbonyl (C=O) groups is 4. The quantitative estimate of drug-likeness (QED) is 0.262. The number of Topliss-reactive ketones (excluding diaryl/α,β-unsaturated/α-hetero) is 1. The van der Waals surface area contributed by atoms with Crippen molar-refractivity contribution in [3.8, 4) is 0 Å². The smallest absolute Gasteiger partial charge is 0.338 e. The van der Waals surface area contributed by atoms with Gasteiger partial charge in [0.25, 0.3) is 0 Å². The van der Waals surface area contributed by atoms with Crippen molar-refractivity contribution in [3.63, 3.8) is 0 Å². The van der Waals surface area contributed by atoms with Crippen molar-refractivity contribution in [2.45, 2.75) is 77.8 Å². The molecule has 3 aliphatic carbocycles. The van der Waals surface area contributed by atoms with Gasteiger partial charge in [0, 0.05) is 20.3 Å². The first-order valence-electron chi connectivity index (χ1n) is 13.4. The third-order valence-corrected chi connectivity index (χ3v) is 9.03. The van der Waals surface area contributed by atoms with E-state index in [1.165, 1.54) is 13.8 Å². The molecule has 210 valence electrons. The van der Waals surface area contributed by atoms with Crippen LogP contribution in [0.1, 0.15) is 64.2 Å². The van der Waals surface area contributed by atoms with Gasteiger partial charge in [-0.05, 0) is 59.3 Å². The van der Waals surface area contributed by atoms with E-state index in [-0.39, 0.29) is 34.8 Å². The standard InChI is InChI=1S/C31H38O8/c1-16-13-22-23(30(22,6)7)14-24(37-19(4)32)18(3)26(34)25-27(38-29(36)21-11-9-8-10-12-21)17(2)15-31(25,28(16)35)39-20(5)33/h8-12,17,22-27,34H,1,3,13-15H2,2,4-7H3/t17-,22+,23-,24+,25-,26-,27-,31+/m0/s1. The maximum Gasteiger partial charge on any atom is 0.338 e. The Morgan fingerprint density at radius 1 is 1.00 bits per heavy atom. The average molecular weight is 539 g/mol. The summed E-state index contributed by atoms with van der Waals surface area (Å²) in [5.41, 5.74) is -1.24. The number of carbonyl (C=O) groups excluding carboxylic acids is 4. The summed E-state index contributed by atoms with van der Waals surface area (Å²) in [5, 5.41) is 11.9. The molecule has 0 saturated heterocycles. The van der Waals surface area contributed by atoms with Crippen LogP contribution in [0.5, 0.6) is 0 Å². The Morgan fingerprint density at radius 3 is 2.23 bits per heavy atom. The molecule has 39 heavy (non-hydrogen) atoms. The molecule has 8 nitrogen and oxygen atoms in total. The van der Waals surface area contributed by atoms with Crippen LogP contribution in [-0.4, -0.2) is 52.7 Å². The zero-order valence-corrected chi connectivity index (χ0v) is 23.3. The molecule has 0 spiro atoms. The van der Waals surface area contributed by atoms with Crippen LogP contribution < -0.4 is 0 Å². The van der Waals surface area contributed by atoms with Crippen molar-refractivity contribution in [2.75, 3.05) is 0 Å². The largest absolute Gasteiger partial charge is 0.458 e. The van der Waals surface area contributed by atoms with Crippen LogP contribution in [0, 0.1) is 29.1 Å². The molecule has 0 bridgehead atoms. The number of rotatable bonds is 4. The van der Waals surface area contributed by atoms with Crippen molar-refractivity contribution >= 4 is 23.7 Å². The van der Waals surface area contributed by atoms with Gasteiger partial charge in [0.2, 0.25) is 5.78 Å². The minimum atomic E-state index is -1.84. The van der Waals surface area contributed by atoms with E-state index in [0.717, 1.165) is 0 Å². The summed E-state index contributed by atoms with van der Waals surface area (Å²) in [7, 11) is 0. The Hall–Kier alpha value is -3.26. The number of aliphatic hydroxyl groups excluding tert-OH is 1. The van der Waals surface area contributed by atoms with E-state index in [2.05, 4.69) is 27.0 Å². The Labute approximate surface area is 229 Å². The monoisotopic (exact) mass is 538 g/mol. The molecule has 3 saturated carbocycles. The Kier molecular flexibility index (Phi) is 7.65. The SMILES string of the molecule is C=C1C[C@@H]2[C@H](C[C@@H](OC(C)=O)C(=C)[C@H](O)[C@H]3[C@@H](OC(=O)c4ccccc4)[C@@H](C)C[C@]3(OC(C)=O)C1=O)C2(C)C. The number of hydrogen-bond donors (Lipinski definition) is 1. The van der Waals surface area contributed by atoms with Gasteiger partial charge in [-0.25, -0.2) is 4.79 Å². The van der Waals surface area contributed by atoms with Crippen LogP contribution in [0.15, 0.2) is 54.6 Å². The predicted octanol–water partition coefficient (Wildman–Crippen LogP) is 4.21. The molecule has 0 aliphatic heterocycles. The second-order valence-electron chi connectivity index (χ2n) is 12.0. The first kappa shape index (κ1) is 28.7. The highest BCUT2D eigenvalue weighted by atomic mass is 16.6. The lowest BCUT2D eigenvalue weighted by molar-refractivity contribution is -0.175. The van der Waals surface area contributed by atoms with E-state index >= 15 is 0 Å². The normalized spacial score (nSPS) is 35.6. The highest BCUT2D eigenvalue weighted by molar-refractivity contribution is 6.03. The van der Waals surface area contributed by atoms with Gasteiger partial charge in [0.15, 0.2) is 5.60 Å². The van der Waals surface area contributed by atoms with E-state index in [1.807, 2.05) is 0 Å². The topological polar surface area (TPSA) is 116 Å². The summed E-state index contributed by atoms with van der Waals surface area (Å²) in [5.74, 6) is -3.87.